The molecule has 1 N–H and O–H groups in total. The SMILES string of the molecule is COCCCNC(=O)c1cnc(N(Cc2ccccc2)c2ccccc2)cn1. The van der Waals surface area contributed by atoms with Gasteiger partial charge in [-0.15, -0.1) is 0 Å². The van der Waals surface area contributed by atoms with Gasteiger partial charge in [-0.1, -0.05) is 48.5 Å². The molecule has 0 saturated carbocycles. The predicted octanol–water partition coefficient (Wildman–Crippen LogP) is 3.58. The summed E-state index contributed by atoms with van der Waals surface area (Å²) in [7, 11) is 1.64. The van der Waals surface area contributed by atoms with E-state index >= 15 is 0 Å². The van der Waals surface area contributed by atoms with E-state index in [4.69, 9.17) is 4.74 Å². The molecular formula is C22H24N4O2. The summed E-state index contributed by atoms with van der Waals surface area (Å²) >= 11 is 0. The second kappa shape index (κ2) is 10.2. The van der Waals surface area contributed by atoms with E-state index in [1.165, 1.54) is 6.20 Å². The Bertz CT molecular complexity index is 855. The van der Waals surface area contributed by atoms with E-state index in [1.807, 2.05) is 48.5 Å². The molecule has 0 bridgehead atoms. The van der Waals surface area contributed by atoms with Crippen LogP contribution in [0.2, 0.25) is 0 Å². The second-order valence-corrected chi connectivity index (χ2v) is 6.27. The number of anilines is 2. The zero-order chi connectivity index (χ0) is 19.6. The Kier molecular flexibility index (Phi) is 7.09. The van der Waals surface area contributed by atoms with Crippen LogP contribution in [0.4, 0.5) is 11.5 Å². The molecule has 0 aliphatic rings. The maximum Gasteiger partial charge on any atom is 0.271 e. The number of para-hydroxylation sites is 1. The number of rotatable bonds is 9. The molecule has 2 aromatic carbocycles. The molecule has 6 nitrogen and oxygen atoms in total. The summed E-state index contributed by atoms with van der Waals surface area (Å²) in [5.41, 5.74) is 2.47. The third kappa shape index (κ3) is 5.37. The topological polar surface area (TPSA) is 67.3 Å². The van der Waals surface area contributed by atoms with Crippen LogP contribution in [-0.2, 0) is 11.3 Å². The molecule has 3 rings (SSSR count). The van der Waals surface area contributed by atoms with Crippen molar-refractivity contribution >= 4 is 17.4 Å². The highest BCUT2D eigenvalue weighted by atomic mass is 16.5. The van der Waals surface area contributed by atoms with Crippen molar-refractivity contribution in [1.82, 2.24) is 15.3 Å². The van der Waals surface area contributed by atoms with Gasteiger partial charge in [0.2, 0.25) is 0 Å². The van der Waals surface area contributed by atoms with Crippen LogP contribution in [0, 0.1) is 0 Å². The predicted molar refractivity (Wildman–Crippen MR) is 110 cm³/mol. The van der Waals surface area contributed by atoms with Gasteiger partial charge in [0.1, 0.15) is 5.69 Å². The molecule has 0 fully saturated rings. The Morgan fingerprint density at radius 2 is 1.71 bits per heavy atom. The Balaban J connectivity index is 1.76. The number of carbonyl (C=O) groups is 1. The number of hydrogen-bond acceptors (Lipinski definition) is 5. The van der Waals surface area contributed by atoms with E-state index in [-0.39, 0.29) is 5.91 Å². The number of nitrogens with one attached hydrogen (secondary N) is 1. The van der Waals surface area contributed by atoms with Crippen LogP contribution in [-0.4, -0.2) is 36.1 Å². The first-order valence-corrected chi connectivity index (χ1v) is 9.23. The fourth-order valence-electron chi connectivity index (χ4n) is 2.77. The summed E-state index contributed by atoms with van der Waals surface area (Å²) in [6.07, 6.45) is 3.91. The number of amides is 1. The van der Waals surface area contributed by atoms with Gasteiger partial charge in [0, 0.05) is 32.5 Å². The molecule has 0 aliphatic heterocycles. The lowest BCUT2D eigenvalue weighted by molar-refractivity contribution is 0.0943. The number of carbonyl (C=O) groups excluding carboxylic acids is 1. The minimum absolute atomic E-state index is 0.232. The van der Waals surface area contributed by atoms with Crippen LogP contribution in [0.25, 0.3) is 0 Å². The normalized spacial score (nSPS) is 10.5. The van der Waals surface area contributed by atoms with Crippen molar-refractivity contribution in [3.05, 3.63) is 84.3 Å². The standard InChI is InChI=1S/C22H24N4O2/c1-28-14-8-13-23-22(27)20-15-25-21(16-24-20)26(19-11-6-3-7-12-19)17-18-9-4-2-5-10-18/h2-7,9-12,15-16H,8,13-14,17H2,1H3,(H,23,27). The number of ether oxygens (including phenoxy) is 1. The van der Waals surface area contributed by atoms with Crippen LogP contribution in [0.3, 0.4) is 0 Å². The highest BCUT2D eigenvalue weighted by Gasteiger charge is 2.14. The summed E-state index contributed by atoms with van der Waals surface area (Å²) in [4.78, 5) is 23.1. The van der Waals surface area contributed by atoms with Crippen molar-refractivity contribution in [2.45, 2.75) is 13.0 Å². The van der Waals surface area contributed by atoms with Gasteiger partial charge >= 0.3 is 0 Å². The second-order valence-electron chi connectivity index (χ2n) is 6.27. The molecule has 0 spiro atoms. The third-order valence-electron chi connectivity index (χ3n) is 4.21. The Hall–Kier alpha value is -3.25. The summed E-state index contributed by atoms with van der Waals surface area (Å²) in [5, 5.41) is 2.82. The molecule has 144 valence electrons. The van der Waals surface area contributed by atoms with Crippen LogP contribution in [0.1, 0.15) is 22.5 Å². The Labute approximate surface area is 165 Å². The maximum absolute atomic E-state index is 12.2. The van der Waals surface area contributed by atoms with Gasteiger partial charge in [-0.2, -0.15) is 0 Å². The average Bonchev–Trinajstić information content (AvgIpc) is 2.76. The van der Waals surface area contributed by atoms with E-state index in [9.17, 15) is 4.79 Å². The molecule has 28 heavy (non-hydrogen) atoms. The van der Waals surface area contributed by atoms with Gasteiger partial charge in [-0.3, -0.25) is 4.79 Å². The molecule has 6 heteroatoms. The molecule has 0 radical (unpaired) electrons. The monoisotopic (exact) mass is 376 g/mol. The number of benzene rings is 2. The van der Waals surface area contributed by atoms with Crippen LogP contribution in [0.15, 0.2) is 73.1 Å². The van der Waals surface area contributed by atoms with Gasteiger partial charge in [-0.25, -0.2) is 9.97 Å². The van der Waals surface area contributed by atoms with Crippen LogP contribution in [0.5, 0.6) is 0 Å². The zero-order valence-corrected chi connectivity index (χ0v) is 15.9. The van der Waals surface area contributed by atoms with Gasteiger partial charge in [0.25, 0.3) is 5.91 Å². The highest BCUT2D eigenvalue weighted by molar-refractivity contribution is 5.92. The van der Waals surface area contributed by atoms with Crippen LogP contribution >= 0.6 is 0 Å². The van der Waals surface area contributed by atoms with Crippen molar-refractivity contribution in [3.63, 3.8) is 0 Å². The summed E-state index contributed by atoms with van der Waals surface area (Å²) in [5.74, 6) is 0.454. The maximum atomic E-state index is 12.2. The minimum Gasteiger partial charge on any atom is -0.385 e. The van der Waals surface area contributed by atoms with Gasteiger partial charge in [-0.05, 0) is 24.1 Å². The van der Waals surface area contributed by atoms with Gasteiger partial charge < -0.3 is 15.0 Å². The summed E-state index contributed by atoms with van der Waals surface area (Å²) in [6.45, 7) is 1.80. The molecule has 0 atom stereocenters. The van der Waals surface area contributed by atoms with E-state index < -0.39 is 0 Å². The van der Waals surface area contributed by atoms with Crippen molar-refractivity contribution in [2.24, 2.45) is 0 Å². The first kappa shape index (κ1) is 19.5. The molecule has 0 unspecified atom stereocenters. The van der Waals surface area contributed by atoms with Crippen molar-refractivity contribution in [1.29, 1.82) is 0 Å². The van der Waals surface area contributed by atoms with Gasteiger partial charge in [0.05, 0.1) is 12.4 Å². The summed E-state index contributed by atoms with van der Waals surface area (Å²) < 4.78 is 4.98. The quantitative estimate of drug-likeness (QED) is 0.578. The lowest BCUT2D eigenvalue weighted by atomic mass is 10.2. The first-order chi connectivity index (χ1) is 13.8. The molecular weight excluding hydrogens is 352 g/mol. The minimum atomic E-state index is -0.232. The largest absolute Gasteiger partial charge is 0.385 e. The summed E-state index contributed by atoms with van der Waals surface area (Å²) in [6, 6.07) is 20.2. The molecule has 3 aromatic rings. The molecule has 1 aromatic heterocycles. The third-order valence-corrected chi connectivity index (χ3v) is 4.21. The van der Waals surface area contributed by atoms with E-state index in [0.717, 1.165) is 17.7 Å². The number of aromatic nitrogens is 2. The van der Waals surface area contributed by atoms with Crippen LogP contribution < -0.4 is 10.2 Å². The van der Waals surface area contributed by atoms with E-state index in [2.05, 4.69) is 32.3 Å². The lowest BCUT2D eigenvalue weighted by Gasteiger charge is -2.23. The van der Waals surface area contributed by atoms with E-state index in [1.54, 1.807) is 13.3 Å². The fraction of sp³-hybridized carbons (Fsp3) is 0.227. The Morgan fingerprint density at radius 3 is 2.36 bits per heavy atom. The van der Waals surface area contributed by atoms with Crippen molar-refractivity contribution < 1.29 is 9.53 Å². The molecule has 0 aliphatic carbocycles. The first-order valence-electron chi connectivity index (χ1n) is 9.23. The zero-order valence-electron chi connectivity index (χ0n) is 15.9. The molecule has 1 amide bonds. The smallest absolute Gasteiger partial charge is 0.271 e. The molecule has 1 heterocycles. The average molecular weight is 376 g/mol. The number of nitrogens with zero attached hydrogens (tertiary/aromatic N) is 3. The van der Waals surface area contributed by atoms with Crippen molar-refractivity contribution in [3.8, 4) is 0 Å². The lowest BCUT2D eigenvalue weighted by Crippen LogP contribution is -2.26. The van der Waals surface area contributed by atoms with E-state index in [0.29, 0.717) is 31.2 Å². The fourth-order valence-corrected chi connectivity index (χ4v) is 2.77. The molecule has 0 saturated heterocycles. The van der Waals surface area contributed by atoms with Gasteiger partial charge in [0.15, 0.2) is 5.82 Å². The number of methoxy groups -OCH3 is 1. The highest BCUT2D eigenvalue weighted by Crippen LogP contribution is 2.25. The van der Waals surface area contributed by atoms with Crippen molar-refractivity contribution in [2.75, 3.05) is 25.2 Å². The Morgan fingerprint density at radius 1 is 1.00 bits per heavy atom. The number of hydrogen-bond donors (Lipinski definition) is 1.